The van der Waals surface area contributed by atoms with Crippen molar-refractivity contribution in [2.24, 2.45) is 0 Å². The molecule has 0 fully saturated rings. The van der Waals surface area contributed by atoms with Crippen LogP contribution in [0.4, 0.5) is 0 Å². The Morgan fingerprint density at radius 2 is 1.83 bits per heavy atom. The first-order valence-corrected chi connectivity index (χ1v) is 7.85. The normalized spacial score (nSPS) is 11.4. The van der Waals surface area contributed by atoms with Gasteiger partial charge in [-0.1, -0.05) is 44.2 Å². The second kappa shape index (κ2) is 8.07. The number of carbonyl (C=O) groups is 2. The van der Waals surface area contributed by atoms with Gasteiger partial charge in [-0.05, 0) is 36.1 Å². The Morgan fingerprint density at radius 3 is 2.46 bits per heavy atom. The molecule has 0 aromatic heterocycles. The van der Waals surface area contributed by atoms with Gasteiger partial charge in [0.15, 0.2) is 12.4 Å². The Kier molecular flexibility index (Phi) is 5.86. The summed E-state index contributed by atoms with van der Waals surface area (Å²) in [6, 6.07) is 15.5. The highest BCUT2D eigenvalue weighted by atomic mass is 16.5. The lowest BCUT2D eigenvalue weighted by atomic mass is 9.97. The highest BCUT2D eigenvalue weighted by Crippen LogP contribution is 2.19. The number of esters is 1. The molecule has 0 amide bonds. The minimum absolute atomic E-state index is 0.254. The zero-order valence-corrected chi connectivity index (χ0v) is 13.8. The Balaban J connectivity index is 1.97. The first kappa shape index (κ1) is 17.4. The summed E-state index contributed by atoms with van der Waals surface area (Å²) in [7, 11) is 0. The first-order valence-electron chi connectivity index (χ1n) is 7.85. The van der Waals surface area contributed by atoms with Gasteiger partial charge in [-0.2, -0.15) is 5.26 Å². The zero-order chi connectivity index (χ0) is 17.5. The van der Waals surface area contributed by atoms with Crippen molar-refractivity contribution in [2.45, 2.75) is 26.2 Å². The number of ketones is 1. The molecular formula is C20H19NO3. The van der Waals surface area contributed by atoms with Crippen LogP contribution in [0.25, 0.3) is 0 Å². The van der Waals surface area contributed by atoms with E-state index in [1.807, 2.05) is 18.2 Å². The fourth-order valence-electron chi connectivity index (χ4n) is 2.25. The molecule has 122 valence electrons. The third-order valence-corrected chi connectivity index (χ3v) is 3.98. The number of carbonyl (C=O) groups excluding carboxylic acids is 2. The van der Waals surface area contributed by atoms with Gasteiger partial charge in [0, 0.05) is 5.56 Å². The maximum atomic E-state index is 12.1. The molecular weight excluding hydrogens is 302 g/mol. The number of rotatable bonds is 6. The van der Waals surface area contributed by atoms with E-state index in [2.05, 4.69) is 13.8 Å². The van der Waals surface area contributed by atoms with Gasteiger partial charge < -0.3 is 4.74 Å². The zero-order valence-electron chi connectivity index (χ0n) is 13.8. The van der Waals surface area contributed by atoms with Gasteiger partial charge in [0.1, 0.15) is 0 Å². The molecule has 4 nitrogen and oxygen atoms in total. The molecule has 0 radical (unpaired) electrons. The van der Waals surface area contributed by atoms with E-state index in [9.17, 15) is 9.59 Å². The molecule has 0 spiro atoms. The quantitative estimate of drug-likeness (QED) is 0.593. The monoisotopic (exact) mass is 321 g/mol. The minimum Gasteiger partial charge on any atom is -0.454 e. The van der Waals surface area contributed by atoms with E-state index in [-0.39, 0.29) is 18.0 Å². The molecule has 2 aromatic carbocycles. The molecule has 4 heteroatoms. The maximum absolute atomic E-state index is 12.1. The number of Topliss-reactive ketones (excluding diaryl/α,β-unsaturated/α-hetero) is 1. The number of nitrogens with zero attached hydrogens (tertiary/aromatic N) is 1. The number of benzene rings is 2. The van der Waals surface area contributed by atoms with E-state index < -0.39 is 5.97 Å². The second-order valence-corrected chi connectivity index (χ2v) is 5.62. The van der Waals surface area contributed by atoms with E-state index in [1.54, 1.807) is 30.3 Å². The lowest BCUT2D eigenvalue weighted by Crippen LogP contribution is -2.14. The third kappa shape index (κ3) is 4.30. The van der Waals surface area contributed by atoms with Crippen molar-refractivity contribution >= 4 is 11.8 Å². The average Bonchev–Trinajstić information content (AvgIpc) is 2.65. The highest BCUT2D eigenvalue weighted by Gasteiger charge is 2.13. The van der Waals surface area contributed by atoms with Crippen LogP contribution in [0, 0.1) is 11.3 Å². The Hall–Kier alpha value is -2.93. The van der Waals surface area contributed by atoms with Crippen molar-refractivity contribution in [2.75, 3.05) is 6.61 Å². The smallest absolute Gasteiger partial charge is 0.338 e. The molecule has 24 heavy (non-hydrogen) atoms. The van der Waals surface area contributed by atoms with Crippen LogP contribution in [0.5, 0.6) is 0 Å². The van der Waals surface area contributed by atoms with Gasteiger partial charge in [-0.3, -0.25) is 4.79 Å². The van der Waals surface area contributed by atoms with Crippen molar-refractivity contribution in [1.82, 2.24) is 0 Å². The summed E-state index contributed by atoms with van der Waals surface area (Å²) in [5, 5.41) is 8.83. The van der Waals surface area contributed by atoms with Crippen molar-refractivity contribution in [1.29, 1.82) is 5.26 Å². The van der Waals surface area contributed by atoms with E-state index >= 15 is 0 Å². The molecule has 0 aliphatic rings. The summed E-state index contributed by atoms with van der Waals surface area (Å²) in [6.45, 7) is 3.93. The third-order valence-electron chi connectivity index (χ3n) is 3.98. The molecule has 0 unspecified atom stereocenters. The predicted molar refractivity (Wildman–Crippen MR) is 90.9 cm³/mol. The molecule has 0 bridgehead atoms. The lowest BCUT2D eigenvalue weighted by Gasteiger charge is -2.09. The SMILES string of the molecule is CC[C@@H](C)c1ccc(C(=O)COC(=O)c2cccc(C#N)c2)cc1. The van der Waals surface area contributed by atoms with E-state index in [0.717, 1.165) is 6.42 Å². The van der Waals surface area contributed by atoms with Crippen LogP contribution in [0.2, 0.25) is 0 Å². The van der Waals surface area contributed by atoms with E-state index in [0.29, 0.717) is 17.0 Å². The standard InChI is InChI=1S/C20H19NO3/c1-3-14(2)16-7-9-17(10-8-16)19(22)13-24-20(23)18-6-4-5-15(11-18)12-21/h4-11,14H,3,13H2,1-2H3/t14-/m1/s1. The fraction of sp³-hybridized carbons (Fsp3) is 0.250. The fourth-order valence-corrected chi connectivity index (χ4v) is 2.25. The Morgan fingerprint density at radius 1 is 1.12 bits per heavy atom. The maximum Gasteiger partial charge on any atom is 0.338 e. The Labute approximate surface area is 141 Å². The Bertz CT molecular complexity index is 772. The first-order chi connectivity index (χ1) is 11.5. The van der Waals surface area contributed by atoms with Crippen molar-refractivity contribution in [3.63, 3.8) is 0 Å². The molecule has 2 aromatic rings. The molecule has 2 rings (SSSR count). The van der Waals surface area contributed by atoms with Crippen LogP contribution in [0.15, 0.2) is 48.5 Å². The average molecular weight is 321 g/mol. The summed E-state index contributed by atoms with van der Waals surface area (Å²) >= 11 is 0. The number of ether oxygens (including phenoxy) is 1. The van der Waals surface area contributed by atoms with Gasteiger partial charge in [-0.25, -0.2) is 4.79 Å². The van der Waals surface area contributed by atoms with Gasteiger partial charge in [0.05, 0.1) is 17.2 Å². The highest BCUT2D eigenvalue weighted by molar-refractivity contribution is 5.99. The summed E-state index contributed by atoms with van der Waals surface area (Å²) in [5.41, 5.74) is 2.32. The number of nitriles is 1. The molecule has 0 aliphatic carbocycles. The topological polar surface area (TPSA) is 67.2 Å². The van der Waals surface area contributed by atoms with Crippen LogP contribution >= 0.6 is 0 Å². The minimum atomic E-state index is -0.614. The summed E-state index contributed by atoms with van der Waals surface area (Å²) in [4.78, 5) is 24.1. The second-order valence-electron chi connectivity index (χ2n) is 5.62. The van der Waals surface area contributed by atoms with Gasteiger partial charge >= 0.3 is 5.97 Å². The predicted octanol–water partition coefficient (Wildman–Crippen LogP) is 4.11. The summed E-state index contributed by atoms with van der Waals surface area (Å²) < 4.78 is 5.04. The summed E-state index contributed by atoms with van der Waals surface area (Å²) in [6.07, 6.45) is 1.03. The van der Waals surface area contributed by atoms with Crippen LogP contribution in [0.3, 0.4) is 0 Å². The van der Waals surface area contributed by atoms with Gasteiger partial charge in [0.25, 0.3) is 0 Å². The number of hydrogen-bond donors (Lipinski definition) is 0. The molecule has 0 saturated heterocycles. The molecule has 1 atom stereocenters. The van der Waals surface area contributed by atoms with Crippen LogP contribution in [-0.4, -0.2) is 18.4 Å². The molecule has 0 saturated carbocycles. The molecule has 0 N–H and O–H groups in total. The van der Waals surface area contributed by atoms with Crippen LogP contribution < -0.4 is 0 Å². The molecule has 0 heterocycles. The van der Waals surface area contributed by atoms with Gasteiger partial charge in [-0.15, -0.1) is 0 Å². The molecule has 0 aliphatic heterocycles. The van der Waals surface area contributed by atoms with E-state index in [1.165, 1.54) is 11.6 Å². The van der Waals surface area contributed by atoms with Crippen molar-refractivity contribution in [3.05, 3.63) is 70.8 Å². The van der Waals surface area contributed by atoms with Crippen molar-refractivity contribution in [3.8, 4) is 6.07 Å². The lowest BCUT2D eigenvalue weighted by molar-refractivity contribution is 0.0474. The number of hydrogen-bond acceptors (Lipinski definition) is 4. The van der Waals surface area contributed by atoms with Crippen LogP contribution in [0.1, 0.15) is 58.0 Å². The van der Waals surface area contributed by atoms with Crippen molar-refractivity contribution < 1.29 is 14.3 Å². The van der Waals surface area contributed by atoms with E-state index in [4.69, 9.17) is 10.00 Å². The van der Waals surface area contributed by atoms with Crippen LogP contribution in [-0.2, 0) is 4.74 Å². The largest absolute Gasteiger partial charge is 0.454 e. The summed E-state index contributed by atoms with van der Waals surface area (Å²) in [5.74, 6) is -0.424. The van der Waals surface area contributed by atoms with Gasteiger partial charge in [0.2, 0.25) is 0 Å².